The van der Waals surface area contributed by atoms with Crippen molar-refractivity contribution in [1.29, 1.82) is 0 Å². The van der Waals surface area contributed by atoms with Crippen molar-refractivity contribution in [3.8, 4) is 0 Å². The van der Waals surface area contributed by atoms with E-state index in [-0.39, 0.29) is 11.9 Å². The number of hydrogen-bond acceptors (Lipinski definition) is 5. The van der Waals surface area contributed by atoms with Gasteiger partial charge in [0.1, 0.15) is 5.82 Å². The van der Waals surface area contributed by atoms with Crippen LogP contribution in [-0.2, 0) is 4.74 Å². The van der Waals surface area contributed by atoms with Gasteiger partial charge < -0.3 is 15.8 Å². The maximum atomic E-state index is 11.9. The number of esters is 1. The molecule has 0 radical (unpaired) electrons. The van der Waals surface area contributed by atoms with Gasteiger partial charge in [-0.3, -0.25) is 0 Å². The quantitative estimate of drug-likeness (QED) is 0.767. The van der Waals surface area contributed by atoms with Crippen molar-refractivity contribution < 1.29 is 9.53 Å². The Kier molecular flexibility index (Phi) is 2.74. The molecule has 0 unspecified atom stereocenters. The second kappa shape index (κ2) is 4.28. The Morgan fingerprint density at radius 3 is 2.78 bits per heavy atom. The maximum Gasteiger partial charge on any atom is 0.359 e. The summed E-state index contributed by atoms with van der Waals surface area (Å²) in [6.45, 7) is 3.86. The molecule has 6 heteroatoms. The van der Waals surface area contributed by atoms with Gasteiger partial charge in [0, 0.05) is 24.6 Å². The Morgan fingerprint density at radius 2 is 2.28 bits per heavy atom. The van der Waals surface area contributed by atoms with Crippen LogP contribution < -0.4 is 11.1 Å². The molecule has 98 valence electrons. The van der Waals surface area contributed by atoms with Crippen LogP contribution in [0.5, 0.6) is 0 Å². The Morgan fingerprint density at radius 1 is 1.56 bits per heavy atom. The van der Waals surface area contributed by atoms with Crippen LogP contribution in [0.4, 0.5) is 5.82 Å². The largest absolute Gasteiger partial charge is 0.461 e. The van der Waals surface area contributed by atoms with E-state index in [1.165, 1.54) is 0 Å². The summed E-state index contributed by atoms with van der Waals surface area (Å²) in [7, 11) is 0. The zero-order valence-electron chi connectivity index (χ0n) is 10.5. The van der Waals surface area contributed by atoms with Gasteiger partial charge in [0.25, 0.3) is 0 Å². The molecule has 1 aliphatic carbocycles. The molecule has 3 rings (SSSR count). The van der Waals surface area contributed by atoms with E-state index in [4.69, 9.17) is 10.5 Å². The molecule has 1 saturated carbocycles. The number of anilines is 1. The lowest BCUT2D eigenvalue weighted by Crippen LogP contribution is -2.40. The molecule has 0 aromatic carbocycles. The Hall–Kier alpha value is -1.56. The molecule has 18 heavy (non-hydrogen) atoms. The SMILES string of the molecule is CCOC(=O)c1nn(C2CC2)c(N)c1C1CNC1. The van der Waals surface area contributed by atoms with Crippen molar-refractivity contribution in [3.63, 3.8) is 0 Å². The van der Waals surface area contributed by atoms with Gasteiger partial charge in [-0.05, 0) is 19.8 Å². The van der Waals surface area contributed by atoms with Crippen LogP contribution in [0.1, 0.15) is 47.8 Å². The molecule has 0 spiro atoms. The molecule has 3 N–H and O–H groups in total. The summed E-state index contributed by atoms with van der Waals surface area (Å²) in [6, 6.07) is 0.375. The second-order valence-corrected chi connectivity index (χ2v) is 4.90. The van der Waals surface area contributed by atoms with Crippen LogP contribution in [0.25, 0.3) is 0 Å². The van der Waals surface area contributed by atoms with E-state index in [0.29, 0.717) is 24.2 Å². The minimum absolute atomic E-state index is 0.289. The average Bonchev–Trinajstić information content (AvgIpc) is 3.05. The van der Waals surface area contributed by atoms with Crippen LogP contribution in [0.15, 0.2) is 0 Å². The maximum absolute atomic E-state index is 11.9. The molecule has 1 aliphatic heterocycles. The number of nitrogen functional groups attached to an aromatic ring is 1. The van der Waals surface area contributed by atoms with E-state index >= 15 is 0 Å². The summed E-state index contributed by atoms with van der Waals surface area (Å²) in [4.78, 5) is 11.9. The van der Waals surface area contributed by atoms with E-state index in [9.17, 15) is 4.79 Å². The summed E-state index contributed by atoms with van der Waals surface area (Å²) < 4.78 is 6.87. The van der Waals surface area contributed by atoms with Crippen molar-refractivity contribution in [2.24, 2.45) is 0 Å². The first-order valence-electron chi connectivity index (χ1n) is 6.48. The van der Waals surface area contributed by atoms with E-state index in [0.717, 1.165) is 31.5 Å². The van der Waals surface area contributed by atoms with E-state index in [1.54, 1.807) is 11.6 Å². The molecule has 0 atom stereocenters. The molecule has 2 aliphatic rings. The monoisotopic (exact) mass is 250 g/mol. The fraction of sp³-hybridized carbons (Fsp3) is 0.667. The van der Waals surface area contributed by atoms with Crippen molar-refractivity contribution >= 4 is 11.8 Å². The lowest BCUT2D eigenvalue weighted by molar-refractivity contribution is 0.0516. The van der Waals surface area contributed by atoms with Gasteiger partial charge in [-0.15, -0.1) is 0 Å². The van der Waals surface area contributed by atoms with E-state index in [1.807, 2.05) is 0 Å². The molecule has 0 bridgehead atoms. The van der Waals surface area contributed by atoms with E-state index < -0.39 is 0 Å². The molecule has 2 heterocycles. The fourth-order valence-electron chi connectivity index (χ4n) is 2.30. The third-order valence-electron chi connectivity index (χ3n) is 3.54. The van der Waals surface area contributed by atoms with Crippen molar-refractivity contribution in [3.05, 3.63) is 11.3 Å². The standard InChI is InChI=1S/C12H18N4O2/c1-2-18-12(17)10-9(7-5-14-6-7)11(13)16(15-10)8-3-4-8/h7-8,14H,2-6,13H2,1H3. The normalized spacial score (nSPS) is 19.6. The zero-order chi connectivity index (χ0) is 12.7. The smallest absolute Gasteiger partial charge is 0.359 e. The highest BCUT2D eigenvalue weighted by Gasteiger charge is 2.35. The molecule has 1 aromatic heterocycles. The number of rotatable bonds is 4. The number of hydrogen-bond donors (Lipinski definition) is 2. The van der Waals surface area contributed by atoms with Gasteiger partial charge >= 0.3 is 5.97 Å². The predicted molar refractivity (Wildman–Crippen MR) is 66.5 cm³/mol. The highest BCUT2D eigenvalue weighted by Crippen LogP contribution is 2.40. The zero-order valence-corrected chi connectivity index (χ0v) is 10.5. The van der Waals surface area contributed by atoms with Crippen molar-refractivity contribution in [2.75, 3.05) is 25.4 Å². The molecular formula is C12H18N4O2. The topological polar surface area (TPSA) is 82.2 Å². The van der Waals surface area contributed by atoms with Gasteiger partial charge in [0.05, 0.1) is 12.6 Å². The molecule has 1 aromatic rings. The van der Waals surface area contributed by atoms with Crippen molar-refractivity contribution in [1.82, 2.24) is 15.1 Å². The van der Waals surface area contributed by atoms with Crippen LogP contribution in [0.3, 0.4) is 0 Å². The molecule has 6 nitrogen and oxygen atoms in total. The van der Waals surface area contributed by atoms with E-state index in [2.05, 4.69) is 10.4 Å². The van der Waals surface area contributed by atoms with Crippen LogP contribution >= 0.6 is 0 Å². The lowest BCUT2D eigenvalue weighted by Gasteiger charge is -2.27. The number of aromatic nitrogens is 2. The van der Waals surface area contributed by atoms with Gasteiger partial charge in [0.2, 0.25) is 0 Å². The molecular weight excluding hydrogens is 232 g/mol. The van der Waals surface area contributed by atoms with Crippen LogP contribution in [0.2, 0.25) is 0 Å². The minimum Gasteiger partial charge on any atom is -0.461 e. The van der Waals surface area contributed by atoms with Crippen LogP contribution in [-0.4, -0.2) is 35.4 Å². The Labute approximate surface area is 105 Å². The number of nitrogens with one attached hydrogen (secondary N) is 1. The Bertz CT molecular complexity index is 475. The third-order valence-corrected chi connectivity index (χ3v) is 3.54. The van der Waals surface area contributed by atoms with Gasteiger partial charge in [0.15, 0.2) is 5.69 Å². The molecule has 1 saturated heterocycles. The highest BCUT2D eigenvalue weighted by atomic mass is 16.5. The van der Waals surface area contributed by atoms with Gasteiger partial charge in [-0.25, -0.2) is 9.48 Å². The third kappa shape index (κ3) is 1.77. The molecule has 0 amide bonds. The number of ether oxygens (including phenoxy) is 1. The van der Waals surface area contributed by atoms with Crippen molar-refractivity contribution in [2.45, 2.75) is 31.7 Å². The number of nitrogens with zero attached hydrogens (tertiary/aromatic N) is 2. The summed E-state index contributed by atoms with van der Waals surface area (Å²) in [5, 5.41) is 7.58. The lowest BCUT2D eigenvalue weighted by atomic mass is 9.93. The summed E-state index contributed by atoms with van der Waals surface area (Å²) >= 11 is 0. The molecule has 2 fully saturated rings. The first-order valence-corrected chi connectivity index (χ1v) is 6.48. The van der Waals surface area contributed by atoms with Gasteiger partial charge in [-0.2, -0.15) is 5.10 Å². The number of carbonyl (C=O) groups excluding carboxylic acids is 1. The number of carbonyl (C=O) groups is 1. The summed E-state index contributed by atoms with van der Waals surface area (Å²) in [5.41, 5.74) is 7.44. The average molecular weight is 250 g/mol. The van der Waals surface area contributed by atoms with Gasteiger partial charge in [-0.1, -0.05) is 0 Å². The minimum atomic E-state index is -0.356. The predicted octanol–water partition coefficient (Wildman–Crippen LogP) is 0.664. The number of nitrogens with two attached hydrogens (primary N) is 1. The summed E-state index contributed by atoms with van der Waals surface area (Å²) in [6.07, 6.45) is 2.19. The van der Waals surface area contributed by atoms with Crippen LogP contribution in [0, 0.1) is 0 Å². The summed E-state index contributed by atoms with van der Waals surface area (Å²) in [5.74, 6) is 0.578. The first kappa shape index (κ1) is 11.5. The first-order chi connectivity index (χ1) is 8.72. The fourth-order valence-corrected chi connectivity index (χ4v) is 2.30. The highest BCUT2D eigenvalue weighted by molar-refractivity contribution is 5.90. The second-order valence-electron chi connectivity index (χ2n) is 4.90. The Balaban J connectivity index is 1.98.